The Labute approximate surface area is 72.0 Å². The third kappa shape index (κ3) is 1.82. The van der Waals surface area contributed by atoms with E-state index in [1.165, 1.54) is 12.1 Å². The molecule has 0 aliphatic carbocycles. The fourth-order valence-corrected chi connectivity index (χ4v) is 1.10. The highest BCUT2D eigenvalue weighted by atomic mass is 127. The Balaban J connectivity index is 3.17. The Morgan fingerprint density at radius 2 is 2.11 bits per heavy atom. The molecule has 0 spiro atoms. The van der Waals surface area contributed by atoms with Crippen molar-refractivity contribution >= 4 is 35.2 Å². The van der Waals surface area contributed by atoms with E-state index >= 15 is 0 Å². The molecular weight excluding hydrogens is 250 g/mol. The predicted molar refractivity (Wildman–Crippen MR) is 46.4 cm³/mol. The van der Waals surface area contributed by atoms with Crippen molar-refractivity contribution in [3.63, 3.8) is 0 Å². The molecule has 0 aromatic heterocycles. The van der Waals surface area contributed by atoms with Crippen LogP contribution in [0.15, 0.2) is 23.1 Å². The van der Waals surface area contributed by atoms with Crippen molar-refractivity contribution in [2.45, 2.75) is 4.90 Å². The Kier molecular flexibility index (Phi) is 2.35. The largest absolute Gasteiger partial charge is 0.207 e. The van der Waals surface area contributed by atoms with Crippen LogP contribution in [0.4, 0.5) is 4.39 Å². The lowest BCUT2D eigenvalue weighted by Crippen LogP contribution is -1.76. The molecule has 0 N–H and O–H groups in total. The zero-order chi connectivity index (χ0) is 6.85. The van der Waals surface area contributed by atoms with E-state index in [0.717, 1.165) is 8.47 Å². The average molecular weight is 254 g/mol. The van der Waals surface area contributed by atoms with Gasteiger partial charge < -0.3 is 0 Å². The summed E-state index contributed by atoms with van der Waals surface area (Å²) < 4.78 is 13.2. The standard InChI is InChI=1S/C6H4FIS/c7-4-1-2-6(9)5(8)3-4/h1-3,9H. The summed E-state index contributed by atoms with van der Waals surface area (Å²) in [4.78, 5) is 0.817. The SMILES string of the molecule is Fc1ccc(S)c(I)c1. The van der Waals surface area contributed by atoms with Gasteiger partial charge in [0, 0.05) is 8.47 Å². The van der Waals surface area contributed by atoms with Crippen molar-refractivity contribution in [1.82, 2.24) is 0 Å². The summed E-state index contributed by atoms with van der Waals surface area (Å²) in [6, 6.07) is 4.48. The van der Waals surface area contributed by atoms with Crippen molar-refractivity contribution in [2.24, 2.45) is 0 Å². The predicted octanol–water partition coefficient (Wildman–Crippen LogP) is 2.72. The van der Waals surface area contributed by atoms with E-state index in [1.807, 2.05) is 22.6 Å². The van der Waals surface area contributed by atoms with Crippen LogP contribution in [-0.4, -0.2) is 0 Å². The second-order valence-corrected chi connectivity index (χ2v) is 3.24. The fraction of sp³-hybridized carbons (Fsp3) is 0. The number of hydrogen-bond acceptors (Lipinski definition) is 1. The first kappa shape index (κ1) is 7.34. The normalized spacial score (nSPS) is 9.67. The lowest BCUT2D eigenvalue weighted by molar-refractivity contribution is 0.625. The maximum absolute atomic E-state index is 12.3. The first-order valence-corrected chi connectivity index (χ1v) is 3.87. The van der Waals surface area contributed by atoms with E-state index in [2.05, 4.69) is 12.6 Å². The topological polar surface area (TPSA) is 0 Å². The summed E-state index contributed by atoms with van der Waals surface area (Å²) in [5.74, 6) is -0.211. The van der Waals surface area contributed by atoms with Gasteiger partial charge >= 0.3 is 0 Å². The molecule has 0 saturated carbocycles. The van der Waals surface area contributed by atoms with Gasteiger partial charge in [0.15, 0.2) is 0 Å². The quantitative estimate of drug-likeness (QED) is 0.534. The Morgan fingerprint density at radius 1 is 1.44 bits per heavy atom. The molecule has 0 unspecified atom stereocenters. The zero-order valence-electron chi connectivity index (χ0n) is 4.44. The van der Waals surface area contributed by atoms with Crippen molar-refractivity contribution in [3.05, 3.63) is 27.6 Å². The highest BCUT2D eigenvalue weighted by molar-refractivity contribution is 14.1. The highest BCUT2D eigenvalue weighted by Crippen LogP contribution is 2.16. The van der Waals surface area contributed by atoms with Gasteiger partial charge in [-0.15, -0.1) is 12.6 Å². The minimum Gasteiger partial charge on any atom is -0.207 e. The number of halogens is 2. The van der Waals surface area contributed by atoms with Crippen LogP contribution < -0.4 is 0 Å². The van der Waals surface area contributed by atoms with E-state index < -0.39 is 0 Å². The fourth-order valence-electron chi connectivity index (χ4n) is 0.481. The smallest absolute Gasteiger partial charge is 0.124 e. The third-order valence-corrected chi connectivity index (χ3v) is 2.62. The van der Waals surface area contributed by atoms with Gasteiger partial charge in [0.2, 0.25) is 0 Å². The van der Waals surface area contributed by atoms with Crippen LogP contribution in [0.25, 0.3) is 0 Å². The van der Waals surface area contributed by atoms with Crippen LogP contribution in [0.1, 0.15) is 0 Å². The molecule has 1 aromatic rings. The van der Waals surface area contributed by atoms with Crippen molar-refractivity contribution in [2.75, 3.05) is 0 Å². The molecule has 0 nitrogen and oxygen atoms in total. The number of thiol groups is 1. The summed E-state index contributed by atoms with van der Waals surface area (Å²) in [6.07, 6.45) is 0. The van der Waals surface area contributed by atoms with Gasteiger partial charge in [-0.05, 0) is 40.8 Å². The van der Waals surface area contributed by atoms with E-state index in [-0.39, 0.29) is 5.82 Å². The maximum atomic E-state index is 12.3. The minimum absolute atomic E-state index is 0.211. The Morgan fingerprint density at radius 3 is 2.56 bits per heavy atom. The molecule has 0 heterocycles. The summed E-state index contributed by atoms with van der Waals surface area (Å²) in [5, 5.41) is 0. The molecule has 0 amide bonds. The summed E-state index contributed by atoms with van der Waals surface area (Å²) >= 11 is 6.10. The summed E-state index contributed by atoms with van der Waals surface area (Å²) in [6.45, 7) is 0. The van der Waals surface area contributed by atoms with E-state index in [4.69, 9.17) is 0 Å². The van der Waals surface area contributed by atoms with Crippen molar-refractivity contribution < 1.29 is 4.39 Å². The number of hydrogen-bond donors (Lipinski definition) is 1. The van der Waals surface area contributed by atoms with Gasteiger partial charge in [0.1, 0.15) is 5.82 Å². The number of benzene rings is 1. The monoisotopic (exact) mass is 254 g/mol. The molecule has 3 heteroatoms. The van der Waals surface area contributed by atoms with Gasteiger partial charge in [-0.1, -0.05) is 0 Å². The summed E-state index contributed by atoms with van der Waals surface area (Å²) in [5.41, 5.74) is 0. The van der Waals surface area contributed by atoms with Crippen LogP contribution in [0.2, 0.25) is 0 Å². The van der Waals surface area contributed by atoms with Gasteiger partial charge in [-0.25, -0.2) is 4.39 Å². The molecule has 0 atom stereocenters. The van der Waals surface area contributed by atoms with Gasteiger partial charge in [0.05, 0.1) is 0 Å². The first-order valence-electron chi connectivity index (χ1n) is 2.34. The van der Waals surface area contributed by atoms with Gasteiger partial charge in [-0.2, -0.15) is 0 Å². The molecular formula is C6H4FIS. The second kappa shape index (κ2) is 2.88. The molecule has 0 fully saturated rings. The van der Waals surface area contributed by atoms with Crippen LogP contribution in [-0.2, 0) is 0 Å². The van der Waals surface area contributed by atoms with Crippen LogP contribution in [0.5, 0.6) is 0 Å². The van der Waals surface area contributed by atoms with Crippen LogP contribution in [0, 0.1) is 9.39 Å². The van der Waals surface area contributed by atoms with Crippen LogP contribution in [0.3, 0.4) is 0 Å². The lowest BCUT2D eigenvalue weighted by atomic mass is 10.3. The third-order valence-electron chi connectivity index (χ3n) is 0.910. The van der Waals surface area contributed by atoms with Crippen molar-refractivity contribution in [1.29, 1.82) is 0 Å². The molecule has 1 rings (SSSR count). The van der Waals surface area contributed by atoms with E-state index in [0.29, 0.717) is 0 Å². The lowest BCUT2D eigenvalue weighted by Gasteiger charge is -1.93. The summed E-state index contributed by atoms with van der Waals surface area (Å²) in [7, 11) is 0. The molecule has 48 valence electrons. The molecule has 0 radical (unpaired) electrons. The van der Waals surface area contributed by atoms with Crippen molar-refractivity contribution in [3.8, 4) is 0 Å². The van der Waals surface area contributed by atoms with Gasteiger partial charge in [-0.3, -0.25) is 0 Å². The molecule has 0 aliphatic rings. The molecule has 0 saturated heterocycles. The van der Waals surface area contributed by atoms with Gasteiger partial charge in [0.25, 0.3) is 0 Å². The van der Waals surface area contributed by atoms with Crippen LogP contribution >= 0.6 is 35.2 Å². The Hall–Kier alpha value is 0.230. The highest BCUT2D eigenvalue weighted by Gasteiger charge is 1.94. The van der Waals surface area contributed by atoms with E-state index in [9.17, 15) is 4.39 Å². The second-order valence-electron chi connectivity index (χ2n) is 1.60. The zero-order valence-corrected chi connectivity index (χ0v) is 7.49. The first-order chi connectivity index (χ1) is 4.20. The molecule has 0 aliphatic heterocycles. The minimum atomic E-state index is -0.211. The molecule has 1 aromatic carbocycles. The van der Waals surface area contributed by atoms with E-state index in [1.54, 1.807) is 6.07 Å². The average Bonchev–Trinajstić information content (AvgIpc) is 1.80. The Bertz CT molecular complexity index is 224. The maximum Gasteiger partial charge on any atom is 0.124 e. The molecule has 9 heavy (non-hydrogen) atoms. The molecule has 0 bridgehead atoms. The number of rotatable bonds is 0.